The number of benzene rings is 1. The Hall–Kier alpha value is -1.55. The second-order valence-electron chi connectivity index (χ2n) is 4.51. The molecular formula is C14H19NO3. The summed E-state index contributed by atoms with van der Waals surface area (Å²) in [6.45, 7) is 3.97. The van der Waals surface area contributed by atoms with Gasteiger partial charge in [0.05, 0.1) is 26.2 Å². The van der Waals surface area contributed by atoms with Crippen LogP contribution in [0.25, 0.3) is 0 Å². The minimum absolute atomic E-state index is 0.125. The molecule has 0 saturated carbocycles. The maximum absolute atomic E-state index is 12.2. The third-order valence-corrected chi connectivity index (χ3v) is 3.13. The lowest BCUT2D eigenvalue weighted by Gasteiger charge is -2.31. The van der Waals surface area contributed by atoms with E-state index in [0.29, 0.717) is 26.1 Å². The Balaban J connectivity index is 2.02. The lowest BCUT2D eigenvalue weighted by atomic mass is 10.1. The molecule has 0 spiro atoms. The van der Waals surface area contributed by atoms with Crippen LogP contribution >= 0.6 is 0 Å². The van der Waals surface area contributed by atoms with E-state index in [1.807, 2.05) is 36.1 Å². The molecule has 4 heteroatoms. The number of ether oxygens (including phenoxy) is 2. The molecule has 1 aliphatic heterocycles. The Morgan fingerprint density at radius 1 is 1.50 bits per heavy atom. The van der Waals surface area contributed by atoms with Gasteiger partial charge in [-0.05, 0) is 13.0 Å². The highest BCUT2D eigenvalue weighted by atomic mass is 16.5. The quantitative estimate of drug-likeness (QED) is 0.814. The highest BCUT2D eigenvalue weighted by Gasteiger charge is 2.22. The largest absolute Gasteiger partial charge is 0.496 e. The van der Waals surface area contributed by atoms with Crippen molar-refractivity contribution < 1.29 is 14.3 Å². The number of carbonyl (C=O) groups is 1. The topological polar surface area (TPSA) is 38.8 Å². The van der Waals surface area contributed by atoms with Crippen LogP contribution < -0.4 is 4.74 Å². The number of nitrogens with zero attached hydrogens (tertiary/aromatic N) is 1. The van der Waals surface area contributed by atoms with Crippen LogP contribution in [0.1, 0.15) is 12.5 Å². The SMILES string of the molecule is COc1ccccc1CC(=O)N1CCOC(C)C1. The number of morpholine rings is 1. The lowest BCUT2D eigenvalue weighted by Crippen LogP contribution is -2.45. The normalized spacial score (nSPS) is 19.7. The van der Waals surface area contributed by atoms with Crippen LogP contribution in [0.4, 0.5) is 0 Å². The van der Waals surface area contributed by atoms with Crippen molar-refractivity contribution in [2.45, 2.75) is 19.4 Å². The Kier molecular flexibility index (Phi) is 4.20. The van der Waals surface area contributed by atoms with Gasteiger partial charge in [-0.15, -0.1) is 0 Å². The van der Waals surface area contributed by atoms with Crippen LogP contribution in [0.3, 0.4) is 0 Å². The predicted octanol–water partition coefficient (Wildman–Crippen LogP) is 1.49. The molecule has 1 aliphatic rings. The molecule has 1 amide bonds. The molecule has 1 saturated heterocycles. The molecule has 98 valence electrons. The molecule has 1 unspecified atom stereocenters. The first-order chi connectivity index (χ1) is 8.70. The molecule has 1 atom stereocenters. The van der Waals surface area contributed by atoms with Gasteiger partial charge in [-0.1, -0.05) is 18.2 Å². The fourth-order valence-electron chi connectivity index (χ4n) is 2.17. The minimum Gasteiger partial charge on any atom is -0.496 e. The molecule has 0 N–H and O–H groups in total. The number of carbonyl (C=O) groups excluding carboxylic acids is 1. The van der Waals surface area contributed by atoms with Crippen molar-refractivity contribution in [1.82, 2.24) is 4.90 Å². The Labute approximate surface area is 107 Å². The van der Waals surface area contributed by atoms with E-state index >= 15 is 0 Å². The second kappa shape index (κ2) is 5.87. The summed E-state index contributed by atoms with van der Waals surface area (Å²) in [5, 5.41) is 0. The summed E-state index contributed by atoms with van der Waals surface area (Å²) in [6.07, 6.45) is 0.511. The monoisotopic (exact) mass is 249 g/mol. The molecule has 1 heterocycles. The molecule has 0 bridgehead atoms. The highest BCUT2D eigenvalue weighted by Crippen LogP contribution is 2.19. The zero-order valence-corrected chi connectivity index (χ0v) is 10.9. The van der Waals surface area contributed by atoms with Crippen molar-refractivity contribution in [3.8, 4) is 5.75 Å². The molecule has 0 aromatic heterocycles. The summed E-state index contributed by atoms with van der Waals surface area (Å²) in [4.78, 5) is 14.1. The fourth-order valence-corrected chi connectivity index (χ4v) is 2.17. The van der Waals surface area contributed by atoms with Crippen molar-refractivity contribution in [1.29, 1.82) is 0 Å². The van der Waals surface area contributed by atoms with Crippen LogP contribution in [0.2, 0.25) is 0 Å². The smallest absolute Gasteiger partial charge is 0.227 e. The molecule has 0 aliphatic carbocycles. The highest BCUT2D eigenvalue weighted by molar-refractivity contribution is 5.79. The number of amides is 1. The van der Waals surface area contributed by atoms with Gasteiger partial charge in [0.15, 0.2) is 0 Å². The molecule has 2 rings (SSSR count). The second-order valence-corrected chi connectivity index (χ2v) is 4.51. The fraction of sp³-hybridized carbons (Fsp3) is 0.500. The third kappa shape index (κ3) is 3.01. The van der Waals surface area contributed by atoms with Gasteiger partial charge in [-0.2, -0.15) is 0 Å². The van der Waals surface area contributed by atoms with E-state index in [9.17, 15) is 4.79 Å². The minimum atomic E-state index is 0.125. The average molecular weight is 249 g/mol. The van der Waals surface area contributed by atoms with Crippen molar-refractivity contribution in [3.63, 3.8) is 0 Å². The summed E-state index contributed by atoms with van der Waals surface area (Å²) in [6, 6.07) is 7.64. The van der Waals surface area contributed by atoms with E-state index < -0.39 is 0 Å². The van der Waals surface area contributed by atoms with E-state index in [4.69, 9.17) is 9.47 Å². The Morgan fingerprint density at radius 2 is 2.28 bits per heavy atom. The standard InChI is InChI=1S/C14H19NO3/c1-11-10-15(7-8-18-11)14(16)9-12-5-3-4-6-13(12)17-2/h3-6,11H,7-10H2,1-2H3. The van der Waals surface area contributed by atoms with E-state index in [1.165, 1.54) is 0 Å². The molecule has 1 aromatic carbocycles. The van der Waals surface area contributed by atoms with Crippen molar-refractivity contribution in [2.24, 2.45) is 0 Å². The maximum atomic E-state index is 12.2. The zero-order chi connectivity index (χ0) is 13.0. The summed E-state index contributed by atoms with van der Waals surface area (Å²) in [5.74, 6) is 0.904. The van der Waals surface area contributed by atoms with Crippen molar-refractivity contribution >= 4 is 5.91 Å². The number of para-hydroxylation sites is 1. The van der Waals surface area contributed by atoms with Gasteiger partial charge >= 0.3 is 0 Å². The number of rotatable bonds is 3. The molecule has 0 radical (unpaired) electrons. The van der Waals surface area contributed by atoms with Crippen molar-refractivity contribution in [2.75, 3.05) is 26.8 Å². The first-order valence-corrected chi connectivity index (χ1v) is 6.22. The predicted molar refractivity (Wildman–Crippen MR) is 68.7 cm³/mol. The zero-order valence-electron chi connectivity index (χ0n) is 10.9. The van der Waals surface area contributed by atoms with Gasteiger partial charge in [0, 0.05) is 18.7 Å². The van der Waals surface area contributed by atoms with Gasteiger partial charge in [0.1, 0.15) is 5.75 Å². The van der Waals surface area contributed by atoms with Crippen LogP contribution in [0, 0.1) is 0 Å². The number of hydrogen-bond donors (Lipinski definition) is 0. The Morgan fingerprint density at radius 3 is 3.00 bits per heavy atom. The summed E-state index contributed by atoms with van der Waals surface area (Å²) < 4.78 is 10.7. The summed E-state index contributed by atoms with van der Waals surface area (Å²) >= 11 is 0. The molecule has 4 nitrogen and oxygen atoms in total. The van der Waals surface area contributed by atoms with Gasteiger partial charge in [0.25, 0.3) is 0 Å². The summed E-state index contributed by atoms with van der Waals surface area (Å²) in [7, 11) is 1.63. The first-order valence-electron chi connectivity index (χ1n) is 6.22. The lowest BCUT2D eigenvalue weighted by molar-refractivity contribution is -0.137. The van der Waals surface area contributed by atoms with Crippen LogP contribution in [0.5, 0.6) is 5.75 Å². The van der Waals surface area contributed by atoms with E-state index in [0.717, 1.165) is 11.3 Å². The molecule has 1 fully saturated rings. The van der Waals surface area contributed by atoms with Crippen LogP contribution in [-0.4, -0.2) is 43.7 Å². The van der Waals surface area contributed by atoms with Gasteiger partial charge in [-0.3, -0.25) is 4.79 Å². The third-order valence-electron chi connectivity index (χ3n) is 3.13. The average Bonchev–Trinajstić information content (AvgIpc) is 2.39. The van der Waals surface area contributed by atoms with E-state index in [-0.39, 0.29) is 12.0 Å². The summed E-state index contributed by atoms with van der Waals surface area (Å²) in [5.41, 5.74) is 0.934. The van der Waals surface area contributed by atoms with E-state index in [1.54, 1.807) is 7.11 Å². The number of methoxy groups -OCH3 is 1. The maximum Gasteiger partial charge on any atom is 0.227 e. The van der Waals surface area contributed by atoms with Crippen LogP contribution in [0.15, 0.2) is 24.3 Å². The first kappa shape index (κ1) is 12.9. The number of hydrogen-bond acceptors (Lipinski definition) is 3. The van der Waals surface area contributed by atoms with Crippen molar-refractivity contribution in [3.05, 3.63) is 29.8 Å². The van der Waals surface area contributed by atoms with Gasteiger partial charge in [-0.25, -0.2) is 0 Å². The molecular weight excluding hydrogens is 230 g/mol. The van der Waals surface area contributed by atoms with Gasteiger partial charge in [0.2, 0.25) is 5.91 Å². The Bertz CT molecular complexity index is 419. The molecule has 18 heavy (non-hydrogen) atoms. The van der Waals surface area contributed by atoms with Gasteiger partial charge < -0.3 is 14.4 Å². The van der Waals surface area contributed by atoms with E-state index in [2.05, 4.69) is 0 Å². The molecule has 1 aromatic rings. The van der Waals surface area contributed by atoms with Crippen LogP contribution in [-0.2, 0) is 16.0 Å².